The Hall–Kier alpha value is -1.48. The van der Waals surface area contributed by atoms with Gasteiger partial charge < -0.3 is 14.2 Å². The third kappa shape index (κ3) is 4.77. The van der Waals surface area contributed by atoms with Crippen molar-refractivity contribution in [2.45, 2.75) is 24.9 Å². The molecule has 0 aromatic heterocycles. The number of hydrogen-bond acceptors (Lipinski definition) is 7. The summed E-state index contributed by atoms with van der Waals surface area (Å²) in [5, 5.41) is 0. The van der Waals surface area contributed by atoms with Crippen molar-refractivity contribution >= 4 is 16.1 Å². The summed E-state index contributed by atoms with van der Waals surface area (Å²) in [6.07, 6.45) is -3.02. The first kappa shape index (κ1) is 15.4. The maximum atomic E-state index is 11.9. The molecule has 1 aliphatic heterocycles. The zero-order chi connectivity index (χ0) is 16.9. The second-order valence-corrected chi connectivity index (χ2v) is 6.04. The first-order valence-corrected chi connectivity index (χ1v) is 8.13. The number of carbonyl (C=O) groups is 1. The molecule has 22 heavy (non-hydrogen) atoms. The minimum absolute atomic E-state index is 0.170. The molecule has 0 spiro atoms. The standard InChI is InChI=1S/C14H18O7S/c1-18-13-8-11(21-22(2,16)17)12(20-13)9-19-14(15)10-6-4-3-5-7-10/h3-7,11-13H,8-9H2,1-2H3/t11-,12+,13?/m0/s1/i2D. The molecule has 1 aromatic rings. The van der Waals surface area contributed by atoms with Crippen molar-refractivity contribution in [3.63, 3.8) is 0 Å². The normalized spacial score (nSPS) is 25.7. The Morgan fingerprint density at radius 2 is 2.14 bits per heavy atom. The molecule has 8 heteroatoms. The smallest absolute Gasteiger partial charge is 0.338 e. The summed E-state index contributed by atoms with van der Waals surface area (Å²) in [6, 6.07) is 8.39. The highest BCUT2D eigenvalue weighted by Crippen LogP contribution is 2.25. The summed E-state index contributed by atoms with van der Waals surface area (Å²) in [6.45, 7) is -0.175. The van der Waals surface area contributed by atoms with Gasteiger partial charge in [-0.25, -0.2) is 4.79 Å². The predicted octanol–water partition coefficient (Wildman–Crippen LogP) is 0.950. The molecule has 0 N–H and O–H groups in total. The second kappa shape index (κ2) is 7.19. The van der Waals surface area contributed by atoms with Crippen molar-refractivity contribution in [1.82, 2.24) is 0 Å². The van der Waals surface area contributed by atoms with Gasteiger partial charge in [-0.15, -0.1) is 0 Å². The van der Waals surface area contributed by atoms with Gasteiger partial charge in [0, 0.05) is 14.9 Å². The van der Waals surface area contributed by atoms with E-state index < -0.39 is 40.8 Å². The molecule has 1 fully saturated rings. The molecule has 0 bridgehead atoms. The van der Waals surface area contributed by atoms with Crippen LogP contribution in [-0.2, 0) is 28.5 Å². The van der Waals surface area contributed by atoms with Crippen LogP contribution < -0.4 is 0 Å². The number of rotatable bonds is 6. The average molecular weight is 331 g/mol. The Bertz CT molecular complexity index is 619. The molecule has 1 aliphatic rings. The molecule has 1 unspecified atom stereocenters. The zero-order valence-electron chi connectivity index (χ0n) is 13.0. The number of methoxy groups -OCH3 is 1. The van der Waals surface area contributed by atoms with E-state index in [0.29, 0.717) is 5.56 Å². The van der Waals surface area contributed by atoms with E-state index in [0.717, 1.165) is 0 Å². The van der Waals surface area contributed by atoms with Gasteiger partial charge in [-0.1, -0.05) is 18.2 Å². The van der Waals surface area contributed by atoms with E-state index in [1.807, 2.05) is 0 Å². The minimum atomic E-state index is -3.97. The van der Waals surface area contributed by atoms with Gasteiger partial charge in [0.05, 0.1) is 11.8 Å². The molecule has 1 aromatic carbocycles. The van der Waals surface area contributed by atoms with Crippen molar-refractivity contribution in [2.75, 3.05) is 19.9 Å². The van der Waals surface area contributed by atoms with Gasteiger partial charge >= 0.3 is 5.97 Å². The molecule has 0 aliphatic carbocycles. The molecular weight excluding hydrogens is 312 g/mol. The van der Waals surface area contributed by atoms with Crippen molar-refractivity contribution < 1.29 is 33.0 Å². The Morgan fingerprint density at radius 3 is 2.77 bits per heavy atom. The highest BCUT2D eigenvalue weighted by atomic mass is 32.2. The van der Waals surface area contributed by atoms with Crippen LogP contribution in [0.15, 0.2) is 30.3 Å². The van der Waals surface area contributed by atoms with E-state index in [1.165, 1.54) is 7.11 Å². The third-order valence-electron chi connectivity index (χ3n) is 3.09. The van der Waals surface area contributed by atoms with Gasteiger partial charge in [0.15, 0.2) is 6.29 Å². The van der Waals surface area contributed by atoms with Gasteiger partial charge in [0.25, 0.3) is 10.1 Å². The van der Waals surface area contributed by atoms with E-state index in [-0.39, 0.29) is 13.0 Å². The van der Waals surface area contributed by atoms with Crippen LogP contribution >= 0.6 is 0 Å². The summed E-state index contributed by atoms with van der Waals surface area (Å²) >= 11 is 0. The Kier molecular flexibility index (Phi) is 5.04. The average Bonchev–Trinajstić information content (AvgIpc) is 2.94. The van der Waals surface area contributed by atoms with Gasteiger partial charge in [-0.2, -0.15) is 8.42 Å². The lowest BCUT2D eigenvalue weighted by Crippen LogP contribution is -2.32. The molecule has 0 saturated carbocycles. The molecule has 122 valence electrons. The van der Waals surface area contributed by atoms with E-state index in [2.05, 4.69) is 0 Å². The number of esters is 1. The van der Waals surface area contributed by atoms with Crippen LogP contribution in [0.2, 0.25) is 0 Å². The Labute approximate surface area is 130 Å². The van der Waals surface area contributed by atoms with Crippen LogP contribution in [0.4, 0.5) is 0 Å². The van der Waals surface area contributed by atoms with E-state index in [4.69, 9.17) is 19.8 Å². The van der Waals surface area contributed by atoms with Crippen molar-refractivity contribution in [3.8, 4) is 0 Å². The van der Waals surface area contributed by atoms with Crippen molar-refractivity contribution in [3.05, 3.63) is 35.9 Å². The van der Waals surface area contributed by atoms with Crippen LogP contribution in [0, 0.1) is 0 Å². The summed E-state index contributed by atoms with van der Waals surface area (Å²) in [4.78, 5) is 11.9. The number of benzene rings is 1. The summed E-state index contributed by atoms with van der Waals surface area (Å²) in [5.74, 6) is -0.544. The van der Waals surface area contributed by atoms with E-state index in [1.54, 1.807) is 30.3 Å². The fourth-order valence-electron chi connectivity index (χ4n) is 2.08. The first-order chi connectivity index (χ1) is 10.9. The highest BCUT2D eigenvalue weighted by molar-refractivity contribution is 7.86. The number of hydrogen-bond donors (Lipinski definition) is 0. The summed E-state index contributed by atoms with van der Waals surface area (Å²) in [5.41, 5.74) is 0.380. The Morgan fingerprint density at radius 1 is 1.41 bits per heavy atom. The molecule has 0 radical (unpaired) electrons. The molecule has 1 heterocycles. The predicted molar refractivity (Wildman–Crippen MR) is 76.7 cm³/mol. The monoisotopic (exact) mass is 331 g/mol. The van der Waals surface area contributed by atoms with Crippen LogP contribution in [0.5, 0.6) is 0 Å². The quantitative estimate of drug-likeness (QED) is 0.566. The maximum absolute atomic E-state index is 11.9. The topological polar surface area (TPSA) is 88.1 Å². The third-order valence-corrected chi connectivity index (χ3v) is 3.63. The molecule has 0 amide bonds. The highest BCUT2D eigenvalue weighted by Gasteiger charge is 2.39. The first-order valence-electron chi connectivity index (χ1n) is 7.26. The summed E-state index contributed by atoms with van der Waals surface area (Å²) in [7, 11) is -2.55. The lowest BCUT2D eigenvalue weighted by atomic mass is 10.2. The fraction of sp³-hybridized carbons (Fsp3) is 0.500. The zero-order valence-corrected chi connectivity index (χ0v) is 12.8. The molecule has 2 rings (SSSR count). The SMILES string of the molecule is [2H]CS(=O)(=O)O[C@H]1CC(OC)O[C@@H]1COC(=O)c1ccccc1. The minimum Gasteiger partial charge on any atom is -0.459 e. The fourth-order valence-corrected chi connectivity index (χ4v) is 2.66. The lowest BCUT2D eigenvalue weighted by molar-refractivity contribution is -0.127. The summed E-state index contributed by atoms with van der Waals surface area (Å²) < 4.78 is 50.4. The number of carbonyl (C=O) groups excluding carboxylic acids is 1. The van der Waals surface area contributed by atoms with Gasteiger partial charge in [-0.3, -0.25) is 4.18 Å². The number of ether oxygens (including phenoxy) is 3. The second-order valence-electron chi connectivity index (χ2n) is 4.73. The Balaban J connectivity index is 1.97. The van der Waals surface area contributed by atoms with Crippen LogP contribution in [-0.4, -0.2) is 52.8 Å². The van der Waals surface area contributed by atoms with Crippen LogP contribution in [0.3, 0.4) is 0 Å². The molecule has 1 saturated heterocycles. The van der Waals surface area contributed by atoms with Crippen LogP contribution in [0.25, 0.3) is 0 Å². The van der Waals surface area contributed by atoms with E-state index in [9.17, 15) is 13.2 Å². The molecule has 3 atom stereocenters. The van der Waals surface area contributed by atoms with Gasteiger partial charge in [0.1, 0.15) is 18.8 Å². The van der Waals surface area contributed by atoms with Gasteiger partial charge in [-0.05, 0) is 12.1 Å². The van der Waals surface area contributed by atoms with Gasteiger partial charge in [0.2, 0.25) is 0 Å². The van der Waals surface area contributed by atoms with Crippen molar-refractivity contribution in [1.29, 1.82) is 0 Å². The lowest BCUT2D eigenvalue weighted by Gasteiger charge is -2.17. The largest absolute Gasteiger partial charge is 0.459 e. The molecular formula is C14H18O7S. The maximum Gasteiger partial charge on any atom is 0.338 e. The van der Waals surface area contributed by atoms with Crippen LogP contribution in [0.1, 0.15) is 18.1 Å². The van der Waals surface area contributed by atoms with Crippen molar-refractivity contribution in [2.24, 2.45) is 0 Å². The molecule has 7 nitrogen and oxygen atoms in total. The van der Waals surface area contributed by atoms with E-state index >= 15 is 0 Å².